The Morgan fingerprint density at radius 3 is 3.00 bits per heavy atom. The van der Waals surface area contributed by atoms with E-state index in [9.17, 15) is 5.11 Å². The van der Waals surface area contributed by atoms with Crippen LogP contribution in [-0.2, 0) is 0 Å². The van der Waals surface area contributed by atoms with Crippen LogP contribution in [0.2, 0.25) is 0 Å². The monoisotopic (exact) mass is 277 g/mol. The highest BCUT2D eigenvalue weighted by Gasteiger charge is 2.31. The molecule has 102 valence electrons. The van der Waals surface area contributed by atoms with Crippen molar-refractivity contribution in [3.8, 4) is 0 Å². The van der Waals surface area contributed by atoms with Crippen LogP contribution in [0.15, 0.2) is 17.8 Å². The average Bonchev–Trinajstić information content (AvgIpc) is 2.89. The summed E-state index contributed by atoms with van der Waals surface area (Å²) >= 11 is 1.61. The fraction of sp³-hybridized carbons (Fsp3) is 0.571. The number of fused-ring (bicyclic) bond motifs is 1. The standard InChI is InChI=1S/C14H19N3OS/c1-10-2-5-14(18,6-3-10)8-15-12-11-4-7-19-13(11)17-9-16-12/h4,7,9-10,18H,2-3,5-6,8H2,1H3,(H,15,16,17). The maximum absolute atomic E-state index is 10.6. The molecule has 0 aliphatic heterocycles. The first-order chi connectivity index (χ1) is 9.16. The molecule has 2 aromatic rings. The van der Waals surface area contributed by atoms with Gasteiger partial charge >= 0.3 is 0 Å². The van der Waals surface area contributed by atoms with Crippen LogP contribution < -0.4 is 5.32 Å². The highest BCUT2D eigenvalue weighted by Crippen LogP contribution is 2.32. The number of hydrogen-bond acceptors (Lipinski definition) is 5. The van der Waals surface area contributed by atoms with Gasteiger partial charge in [-0.3, -0.25) is 0 Å². The summed E-state index contributed by atoms with van der Waals surface area (Å²) in [6.07, 6.45) is 5.54. The fourth-order valence-electron chi connectivity index (χ4n) is 2.66. The van der Waals surface area contributed by atoms with Gasteiger partial charge in [0.25, 0.3) is 0 Å². The van der Waals surface area contributed by atoms with E-state index < -0.39 is 5.60 Å². The van der Waals surface area contributed by atoms with Crippen LogP contribution in [0.4, 0.5) is 5.82 Å². The first-order valence-corrected chi connectivity index (χ1v) is 7.69. The molecule has 0 aromatic carbocycles. The van der Waals surface area contributed by atoms with E-state index in [2.05, 4.69) is 22.2 Å². The van der Waals surface area contributed by atoms with E-state index in [4.69, 9.17) is 0 Å². The molecule has 2 heterocycles. The SMILES string of the molecule is CC1CCC(O)(CNc2ncnc3sccc23)CC1. The molecule has 1 fully saturated rings. The molecule has 2 aromatic heterocycles. The van der Waals surface area contributed by atoms with Crippen molar-refractivity contribution in [1.29, 1.82) is 0 Å². The molecule has 3 rings (SSSR count). The second-order valence-electron chi connectivity index (χ2n) is 5.62. The zero-order chi connectivity index (χ0) is 13.3. The van der Waals surface area contributed by atoms with Crippen LogP contribution in [0.25, 0.3) is 10.2 Å². The molecule has 0 bridgehead atoms. The van der Waals surface area contributed by atoms with Crippen molar-refractivity contribution in [2.45, 2.75) is 38.2 Å². The summed E-state index contributed by atoms with van der Waals surface area (Å²) in [6, 6.07) is 2.02. The van der Waals surface area contributed by atoms with E-state index in [0.29, 0.717) is 6.54 Å². The molecule has 0 saturated heterocycles. The number of aliphatic hydroxyl groups is 1. The van der Waals surface area contributed by atoms with Gasteiger partial charge in [-0.1, -0.05) is 6.92 Å². The smallest absolute Gasteiger partial charge is 0.138 e. The van der Waals surface area contributed by atoms with Crippen molar-refractivity contribution in [3.63, 3.8) is 0 Å². The molecule has 0 unspecified atom stereocenters. The zero-order valence-electron chi connectivity index (χ0n) is 11.1. The van der Waals surface area contributed by atoms with Crippen LogP contribution in [0.3, 0.4) is 0 Å². The van der Waals surface area contributed by atoms with Gasteiger partial charge in [-0.15, -0.1) is 11.3 Å². The molecule has 0 radical (unpaired) electrons. The van der Waals surface area contributed by atoms with E-state index in [0.717, 1.165) is 47.6 Å². The molecule has 19 heavy (non-hydrogen) atoms. The number of nitrogens with one attached hydrogen (secondary N) is 1. The third-order valence-corrected chi connectivity index (χ3v) is 4.87. The third-order valence-electron chi connectivity index (χ3n) is 4.05. The van der Waals surface area contributed by atoms with Crippen LogP contribution in [0.5, 0.6) is 0 Å². The first kappa shape index (κ1) is 12.8. The van der Waals surface area contributed by atoms with Crippen molar-refractivity contribution >= 4 is 27.4 Å². The van der Waals surface area contributed by atoms with Crippen LogP contribution >= 0.6 is 11.3 Å². The summed E-state index contributed by atoms with van der Waals surface area (Å²) in [5.74, 6) is 1.57. The first-order valence-electron chi connectivity index (χ1n) is 6.81. The van der Waals surface area contributed by atoms with E-state index >= 15 is 0 Å². The van der Waals surface area contributed by atoms with Gasteiger partial charge in [0.15, 0.2) is 0 Å². The maximum Gasteiger partial charge on any atom is 0.138 e. The Bertz CT molecular complexity index is 561. The third kappa shape index (κ3) is 2.72. The molecule has 2 N–H and O–H groups in total. The molecule has 0 atom stereocenters. The lowest BCUT2D eigenvalue weighted by atomic mass is 9.79. The summed E-state index contributed by atoms with van der Waals surface area (Å²) in [4.78, 5) is 9.50. The Balaban J connectivity index is 1.70. The Labute approximate surface area is 116 Å². The van der Waals surface area contributed by atoms with Crippen molar-refractivity contribution in [2.24, 2.45) is 5.92 Å². The largest absolute Gasteiger partial charge is 0.388 e. The summed E-state index contributed by atoms with van der Waals surface area (Å²) in [5.41, 5.74) is -0.584. The van der Waals surface area contributed by atoms with Gasteiger partial charge in [0.2, 0.25) is 0 Å². The minimum Gasteiger partial charge on any atom is -0.388 e. The molecular weight excluding hydrogens is 258 g/mol. The van der Waals surface area contributed by atoms with Gasteiger partial charge in [-0.2, -0.15) is 0 Å². The number of anilines is 1. The molecule has 1 aliphatic rings. The van der Waals surface area contributed by atoms with Gasteiger partial charge in [0.1, 0.15) is 17.0 Å². The van der Waals surface area contributed by atoms with Crippen molar-refractivity contribution < 1.29 is 5.11 Å². The fourth-order valence-corrected chi connectivity index (χ4v) is 3.39. The van der Waals surface area contributed by atoms with Gasteiger partial charge in [-0.25, -0.2) is 9.97 Å². The lowest BCUT2D eigenvalue weighted by Gasteiger charge is -2.35. The normalized spacial score (nSPS) is 27.6. The van der Waals surface area contributed by atoms with Gasteiger partial charge in [0.05, 0.1) is 11.0 Å². The number of rotatable bonds is 3. The summed E-state index contributed by atoms with van der Waals surface area (Å²) in [7, 11) is 0. The number of hydrogen-bond donors (Lipinski definition) is 2. The summed E-state index contributed by atoms with van der Waals surface area (Å²) in [5, 5.41) is 16.9. The molecule has 4 nitrogen and oxygen atoms in total. The number of thiophene rings is 1. The van der Waals surface area contributed by atoms with Gasteiger partial charge < -0.3 is 10.4 Å². The zero-order valence-corrected chi connectivity index (χ0v) is 11.9. The molecule has 0 amide bonds. The minimum atomic E-state index is -0.584. The number of aromatic nitrogens is 2. The Kier molecular flexibility index (Phi) is 3.41. The second kappa shape index (κ2) is 5.06. The van der Waals surface area contributed by atoms with E-state index in [1.807, 2.05) is 11.4 Å². The minimum absolute atomic E-state index is 0.571. The van der Waals surface area contributed by atoms with Crippen molar-refractivity contribution in [2.75, 3.05) is 11.9 Å². The lowest BCUT2D eigenvalue weighted by molar-refractivity contribution is 0.00497. The molecule has 0 spiro atoms. The quantitative estimate of drug-likeness (QED) is 0.905. The van der Waals surface area contributed by atoms with Gasteiger partial charge in [-0.05, 0) is 43.0 Å². The predicted molar refractivity (Wildman–Crippen MR) is 78.5 cm³/mol. The van der Waals surface area contributed by atoms with Crippen LogP contribution in [0.1, 0.15) is 32.6 Å². The van der Waals surface area contributed by atoms with Crippen LogP contribution in [0, 0.1) is 5.92 Å². The summed E-state index contributed by atoms with van der Waals surface area (Å²) < 4.78 is 0. The van der Waals surface area contributed by atoms with Crippen molar-refractivity contribution in [1.82, 2.24) is 9.97 Å². The van der Waals surface area contributed by atoms with Crippen molar-refractivity contribution in [3.05, 3.63) is 17.8 Å². The maximum atomic E-state index is 10.6. The molecule has 1 saturated carbocycles. The summed E-state index contributed by atoms with van der Waals surface area (Å²) in [6.45, 7) is 2.83. The average molecular weight is 277 g/mol. The topological polar surface area (TPSA) is 58.0 Å². The van der Waals surface area contributed by atoms with E-state index in [1.165, 1.54) is 0 Å². The van der Waals surface area contributed by atoms with E-state index in [-0.39, 0.29) is 0 Å². The second-order valence-corrected chi connectivity index (χ2v) is 6.52. The number of nitrogens with zero attached hydrogens (tertiary/aromatic N) is 2. The van der Waals surface area contributed by atoms with Gasteiger partial charge in [0, 0.05) is 6.54 Å². The Morgan fingerprint density at radius 1 is 1.42 bits per heavy atom. The Morgan fingerprint density at radius 2 is 2.21 bits per heavy atom. The molecule has 5 heteroatoms. The molecule has 1 aliphatic carbocycles. The highest BCUT2D eigenvalue weighted by atomic mass is 32.1. The highest BCUT2D eigenvalue weighted by molar-refractivity contribution is 7.16. The Hall–Kier alpha value is -1.20. The molecular formula is C14H19N3OS. The lowest BCUT2D eigenvalue weighted by Crippen LogP contribution is -2.40. The predicted octanol–water partition coefficient (Wildman–Crippen LogP) is 3.04. The van der Waals surface area contributed by atoms with E-state index in [1.54, 1.807) is 17.7 Å². The van der Waals surface area contributed by atoms with Crippen LogP contribution in [-0.4, -0.2) is 27.2 Å².